The van der Waals surface area contributed by atoms with Crippen molar-refractivity contribution >= 4 is 12.0 Å². The molecule has 1 unspecified atom stereocenters. The Morgan fingerprint density at radius 3 is 2.26 bits per heavy atom. The Balaban J connectivity index is 2.06. The molecule has 0 aliphatic carbocycles. The van der Waals surface area contributed by atoms with Crippen molar-refractivity contribution in [1.29, 1.82) is 0 Å². The van der Waals surface area contributed by atoms with Gasteiger partial charge in [-0.25, -0.2) is 0 Å². The number of hydrogen-bond donors (Lipinski definition) is 1. The number of carbonyl (C=O) groups excluding carboxylic acids is 1. The molecule has 1 N–H and O–H groups in total. The third-order valence-electron chi connectivity index (χ3n) is 4.47. The Morgan fingerprint density at radius 2 is 1.70 bits per heavy atom. The molecule has 0 radical (unpaired) electrons. The number of amides is 1. The zero-order valence-corrected chi connectivity index (χ0v) is 17.0. The Labute approximate surface area is 162 Å². The molecule has 0 spiro atoms. The monoisotopic (exact) mass is 367 g/mol. The lowest BCUT2D eigenvalue weighted by atomic mass is 9.87. The lowest BCUT2D eigenvalue weighted by molar-refractivity contribution is -0.117. The molecule has 0 aromatic heterocycles. The highest BCUT2D eigenvalue weighted by atomic mass is 16.5. The fourth-order valence-corrected chi connectivity index (χ4v) is 2.78. The van der Waals surface area contributed by atoms with Gasteiger partial charge >= 0.3 is 0 Å². The molecule has 27 heavy (non-hydrogen) atoms. The first-order valence-electron chi connectivity index (χ1n) is 9.05. The van der Waals surface area contributed by atoms with E-state index in [4.69, 9.17) is 9.47 Å². The van der Waals surface area contributed by atoms with Crippen LogP contribution in [-0.4, -0.2) is 20.1 Å². The van der Waals surface area contributed by atoms with Crippen molar-refractivity contribution in [3.63, 3.8) is 0 Å². The van der Waals surface area contributed by atoms with Crippen molar-refractivity contribution < 1.29 is 14.3 Å². The topological polar surface area (TPSA) is 47.6 Å². The smallest absolute Gasteiger partial charge is 0.244 e. The summed E-state index contributed by atoms with van der Waals surface area (Å²) in [4.78, 5) is 12.3. The molecule has 2 rings (SSSR count). The minimum absolute atomic E-state index is 0.116. The summed E-state index contributed by atoms with van der Waals surface area (Å²) in [5.41, 5.74) is 3.24. The van der Waals surface area contributed by atoms with Gasteiger partial charge < -0.3 is 14.8 Å². The number of rotatable bonds is 6. The maximum Gasteiger partial charge on any atom is 0.244 e. The summed E-state index contributed by atoms with van der Waals surface area (Å²) < 4.78 is 10.7. The summed E-state index contributed by atoms with van der Waals surface area (Å²) in [6, 6.07) is 13.6. The molecule has 2 aromatic rings. The van der Waals surface area contributed by atoms with Gasteiger partial charge in [0, 0.05) is 11.6 Å². The molecule has 1 amide bonds. The van der Waals surface area contributed by atoms with Crippen LogP contribution >= 0.6 is 0 Å². The van der Waals surface area contributed by atoms with E-state index in [2.05, 4.69) is 38.2 Å². The first-order chi connectivity index (χ1) is 12.7. The highest BCUT2D eigenvalue weighted by Crippen LogP contribution is 2.29. The van der Waals surface area contributed by atoms with Crippen molar-refractivity contribution in [3.05, 3.63) is 65.2 Å². The Kier molecular flexibility index (Phi) is 6.67. The van der Waals surface area contributed by atoms with Crippen molar-refractivity contribution in [2.24, 2.45) is 0 Å². The number of carbonyl (C=O) groups is 1. The number of hydrogen-bond acceptors (Lipinski definition) is 3. The molecule has 0 aliphatic heterocycles. The summed E-state index contributed by atoms with van der Waals surface area (Å²) in [6.07, 6.45) is 3.37. The SMILES string of the molecule is COc1ccc(OC)c(C(C)NC(=O)/C=C/c2ccc(C(C)(C)C)cc2)c1. The van der Waals surface area contributed by atoms with E-state index in [1.165, 1.54) is 5.56 Å². The van der Waals surface area contributed by atoms with E-state index in [1.54, 1.807) is 20.3 Å². The number of methoxy groups -OCH3 is 2. The summed E-state index contributed by atoms with van der Waals surface area (Å²) in [7, 11) is 3.23. The average molecular weight is 367 g/mol. The van der Waals surface area contributed by atoms with E-state index in [-0.39, 0.29) is 17.4 Å². The van der Waals surface area contributed by atoms with Crippen LogP contribution in [0.1, 0.15) is 50.4 Å². The molecule has 2 aromatic carbocycles. The Bertz CT molecular complexity index is 801. The van der Waals surface area contributed by atoms with E-state index < -0.39 is 0 Å². The van der Waals surface area contributed by atoms with Gasteiger partial charge in [-0.15, -0.1) is 0 Å². The molecule has 0 aliphatic rings. The minimum atomic E-state index is -0.213. The van der Waals surface area contributed by atoms with Crippen molar-refractivity contribution in [3.8, 4) is 11.5 Å². The Morgan fingerprint density at radius 1 is 1.04 bits per heavy atom. The first kappa shape index (κ1) is 20.6. The van der Waals surface area contributed by atoms with Crippen LogP contribution in [0.3, 0.4) is 0 Å². The molecule has 144 valence electrons. The minimum Gasteiger partial charge on any atom is -0.497 e. The van der Waals surface area contributed by atoms with Crippen molar-refractivity contribution in [1.82, 2.24) is 5.32 Å². The van der Waals surface area contributed by atoms with Crippen LogP contribution in [0.4, 0.5) is 0 Å². The van der Waals surface area contributed by atoms with Gasteiger partial charge in [0.15, 0.2) is 0 Å². The van der Waals surface area contributed by atoms with E-state index in [9.17, 15) is 4.79 Å². The molecule has 4 nitrogen and oxygen atoms in total. The van der Waals surface area contributed by atoms with Crippen LogP contribution in [-0.2, 0) is 10.2 Å². The molecule has 0 bridgehead atoms. The highest BCUT2D eigenvalue weighted by Gasteiger charge is 2.15. The second-order valence-corrected chi connectivity index (χ2v) is 7.54. The molecule has 1 atom stereocenters. The van der Waals surface area contributed by atoms with Crippen LogP contribution in [0.15, 0.2) is 48.5 Å². The fraction of sp³-hybridized carbons (Fsp3) is 0.348. The second kappa shape index (κ2) is 8.76. The lowest BCUT2D eigenvalue weighted by Crippen LogP contribution is -2.25. The van der Waals surface area contributed by atoms with Crippen molar-refractivity contribution in [2.75, 3.05) is 14.2 Å². The predicted octanol–water partition coefficient (Wildman–Crippen LogP) is 4.89. The first-order valence-corrected chi connectivity index (χ1v) is 9.05. The maximum atomic E-state index is 12.3. The van der Waals surface area contributed by atoms with Crippen LogP contribution in [0.2, 0.25) is 0 Å². The lowest BCUT2D eigenvalue weighted by Gasteiger charge is -2.18. The summed E-state index contributed by atoms with van der Waals surface area (Å²) in [6.45, 7) is 8.46. The zero-order chi connectivity index (χ0) is 20.0. The predicted molar refractivity (Wildman–Crippen MR) is 110 cm³/mol. The molecule has 0 heterocycles. The Hall–Kier alpha value is -2.75. The van der Waals surface area contributed by atoms with E-state index in [0.29, 0.717) is 5.75 Å². The van der Waals surface area contributed by atoms with Gasteiger partial charge in [-0.2, -0.15) is 0 Å². The third kappa shape index (κ3) is 5.61. The quantitative estimate of drug-likeness (QED) is 0.739. The van der Waals surface area contributed by atoms with Gasteiger partial charge in [-0.3, -0.25) is 4.79 Å². The molecule has 4 heteroatoms. The van der Waals surface area contributed by atoms with Gasteiger partial charge in [-0.1, -0.05) is 45.0 Å². The van der Waals surface area contributed by atoms with E-state index in [1.807, 2.05) is 43.3 Å². The normalized spacial score (nSPS) is 12.7. The van der Waals surface area contributed by atoms with Crippen LogP contribution in [0, 0.1) is 0 Å². The number of benzene rings is 2. The largest absolute Gasteiger partial charge is 0.497 e. The molecule has 0 saturated heterocycles. The molecule has 0 saturated carbocycles. The zero-order valence-electron chi connectivity index (χ0n) is 17.0. The summed E-state index contributed by atoms with van der Waals surface area (Å²) >= 11 is 0. The van der Waals surface area contributed by atoms with Crippen LogP contribution in [0.25, 0.3) is 6.08 Å². The number of ether oxygens (including phenoxy) is 2. The summed E-state index contributed by atoms with van der Waals surface area (Å²) in [5.74, 6) is 1.28. The van der Waals surface area contributed by atoms with Crippen LogP contribution in [0.5, 0.6) is 11.5 Å². The maximum absolute atomic E-state index is 12.3. The molecular formula is C23H29NO3. The third-order valence-corrected chi connectivity index (χ3v) is 4.47. The fourth-order valence-electron chi connectivity index (χ4n) is 2.78. The van der Waals surface area contributed by atoms with Gasteiger partial charge in [-0.05, 0) is 47.7 Å². The molecule has 0 fully saturated rings. The molecular weight excluding hydrogens is 338 g/mol. The number of nitrogens with one attached hydrogen (secondary N) is 1. The van der Waals surface area contributed by atoms with Crippen molar-refractivity contribution in [2.45, 2.75) is 39.2 Å². The highest BCUT2D eigenvalue weighted by molar-refractivity contribution is 5.92. The van der Waals surface area contributed by atoms with Gasteiger partial charge in [0.25, 0.3) is 0 Å². The average Bonchev–Trinajstić information content (AvgIpc) is 2.65. The van der Waals surface area contributed by atoms with Gasteiger partial charge in [0.05, 0.1) is 20.3 Å². The van der Waals surface area contributed by atoms with E-state index in [0.717, 1.165) is 16.9 Å². The standard InChI is InChI=1S/C23H29NO3/c1-16(20-15-19(26-5)12-13-21(20)27-6)24-22(25)14-9-17-7-10-18(11-8-17)23(2,3)4/h7-16H,1-6H3,(H,24,25)/b14-9+. The van der Waals surface area contributed by atoms with Crippen LogP contribution < -0.4 is 14.8 Å². The summed E-state index contributed by atoms with van der Waals surface area (Å²) in [5, 5.41) is 2.97. The van der Waals surface area contributed by atoms with Gasteiger partial charge in [0.2, 0.25) is 5.91 Å². The van der Waals surface area contributed by atoms with Gasteiger partial charge in [0.1, 0.15) is 11.5 Å². The van der Waals surface area contributed by atoms with E-state index >= 15 is 0 Å². The second-order valence-electron chi connectivity index (χ2n) is 7.54.